The van der Waals surface area contributed by atoms with Crippen molar-refractivity contribution in [2.75, 3.05) is 6.61 Å². The topological polar surface area (TPSA) is 67.0 Å². The van der Waals surface area contributed by atoms with E-state index in [0.717, 1.165) is 10.9 Å². The third-order valence-corrected chi connectivity index (χ3v) is 5.19. The first-order valence-electron chi connectivity index (χ1n) is 9.44. The minimum absolute atomic E-state index is 0.00317. The number of alkyl halides is 3. The number of rotatable bonds is 6. The summed E-state index contributed by atoms with van der Waals surface area (Å²) in [5.41, 5.74) is 1.86. The molecule has 0 spiro atoms. The van der Waals surface area contributed by atoms with Crippen LogP contribution in [0.3, 0.4) is 0 Å². The Bertz CT molecular complexity index is 1060. The second kappa shape index (κ2) is 7.62. The van der Waals surface area contributed by atoms with Gasteiger partial charge in [-0.1, -0.05) is 12.1 Å². The lowest BCUT2D eigenvalue weighted by molar-refractivity contribution is -0.153. The van der Waals surface area contributed by atoms with Crippen LogP contribution in [0.4, 0.5) is 17.6 Å². The molecule has 0 bridgehead atoms. The number of hydrogen-bond acceptors (Lipinski definition) is 3. The van der Waals surface area contributed by atoms with Gasteiger partial charge in [-0.05, 0) is 43.0 Å². The number of carbonyl (C=O) groups is 1. The first kappa shape index (κ1) is 20.2. The molecule has 1 aromatic carbocycles. The van der Waals surface area contributed by atoms with E-state index in [9.17, 15) is 22.4 Å². The average Bonchev–Trinajstić information content (AvgIpc) is 3.38. The van der Waals surface area contributed by atoms with E-state index in [1.54, 1.807) is 19.2 Å². The highest BCUT2D eigenvalue weighted by atomic mass is 19.4. The summed E-state index contributed by atoms with van der Waals surface area (Å²) in [6.45, 7) is 0.357. The lowest BCUT2D eigenvalue weighted by Crippen LogP contribution is -2.29. The fourth-order valence-electron chi connectivity index (χ4n) is 3.57. The number of hydrogen-bond donors (Lipinski definition) is 2. The van der Waals surface area contributed by atoms with Gasteiger partial charge in [0.25, 0.3) is 0 Å². The predicted molar refractivity (Wildman–Crippen MR) is 101 cm³/mol. The first-order valence-corrected chi connectivity index (χ1v) is 9.44. The van der Waals surface area contributed by atoms with Crippen LogP contribution in [0.2, 0.25) is 0 Å². The number of aromatic amines is 1. The van der Waals surface area contributed by atoms with E-state index in [1.165, 1.54) is 24.4 Å². The lowest BCUT2D eigenvalue weighted by atomic mass is 10.1. The van der Waals surface area contributed by atoms with E-state index >= 15 is 0 Å². The smallest absolute Gasteiger partial charge is 0.422 e. The SMILES string of the molecule is C[C@@H](NC(=O)C1CC1c1c[nH]c2c(F)cccc12)c1ccc(OCC(F)(F)F)cn1. The molecule has 1 fully saturated rings. The molecule has 158 valence electrons. The average molecular weight is 421 g/mol. The van der Waals surface area contributed by atoms with Crippen LogP contribution in [-0.2, 0) is 4.79 Å². The molecule has 1 aliphatic rings. The molecule has 2 heterocycles. The van der Waals surface area contributed by atoms with Crippen LogP contribution >= 0.6 is 0 Å². The molecule has 2 unspecified atom stereocenters. The van der Waals surface area contributed by atoms with Gasteiger partial charge >= 0.3 is 6.18 Å². The van der Waals surface area contributed by atoms with E-state index in [2.05, 4.69) is 20.0 Å². The maximum atomic E-state index is 13.9. The van der Waals surface area contributed by atoms with Gasteiger partial charge in [0.05, 0.1) is 23.4 Å². The van der Waals surface area contributed by atoms with Gasteiger partial charge in [0.2, 0.25) is 5.91 Å². The molecular weight excluding hydrogens is 402 g/mol. The molecule has 3 atom stereocenters. The Labute approximate surface area is 169 Å². The molecule has 2 N–H and O–H groups in total. The summed E-state index contributed by atoms with van der Waals surface area (Å²) in [6.07, 6.45) is -0.808. The number of nitrogens with one attached hydrogen (secondary N) is 2. The molecule has 1 saturated carbocycles. The number of aromatic nitrogens is 2. The third kappa shape index (κ3) is 4.24. The van der Waals surface area contributed by atoms with Crippen molar-refractivity contribution in [3.63, 3.8) is 0 Å². The molecular formula is C21H19F4N3O2. The summed E-state index contributed by atoms with van der Waals surface area (Å²) in [4.78, 5) is 19.6. The van der Waals surface area contributed by atoms with Crippen molar-refractivity contribution in [2.45, 2.75) is 31.5 Å². The Balaban J connectivity index is 1.36. The quantitative estimate of drug-likeness (QED) is 0.571. The van der Waals surface area contributed by atoms with E-state index in [4.69, 9.17) is 0 Å². The van der Waals surface area contributed by atoms with Gasteiger partial charge < -0.3 is 15.0 Å². The molecule has 1 amide bonds. The zero-order valence-corrected chi connectivity index (χ0v) is 16.0. The number of benzene rings is 1. The van der Waals surface area contributed by atoms with Crippen LogP contribution in [0.25, 0.3) is 10.9 Å². The number of H-pyrrole nitrogens is 1. The molecule has 0 aliphatic heterocycles. The zero-order valence-electron chi connectivity index (χ0n) is 16.0. The van der Waals surface area contributed by atoms with Gasteiger partial charge in [0.1, 0.15) is 11.6 Å². The molecule has 3 aromatic rings. The summed E-state index contributed by atoms with van der Waals surface area (Å²) < 4.78 is 55.1. The molecule has 0 radical (unpaired) electrons. The Morgan fingerprint density at radius 1 is 1.33 bits per heavy atom. The Morgan fingerprint density at radius 2 is 2.13 bits per heavy atom. The van der Waals surface area contributed by atoms with Crippen LogP contribution in [0.5, 0.6) is 5.75 Å². The second-order valence-corrected chi connectivity index (χ2v) is 7.41. The van der Waals surface area contributed by atoms with Crippen molar-refractivity contribution >= 4 is 16.8 Å². The molecule has 1 aliphatic carbocycles. The number of amides is 1. The predicted octanol–water partition coefficient (Wildman–Crippen LogP) is 4.62. The molecule has 0 saturated heterocycles. The van der Waals surface area contributed by atoms with E-state index < -0.39 is 18.8 Å². The van der Waals surface area contributed by atoms with Gasteiger partial charge in [0.15, 0.2) is 6.61 Å². The molecule has 5 nitrogen and oxygen atoms in total. The largest absolute Gasteiger partial charge is 0.483 e. The van der Waals surface area contributed by atoms with Crippen LogP contribution in [-0.4, -0.2) is 28.7 Å². The normalized spacial score (nSPS) is 19.5. The molecule has 4 rings (SSSR count). The maximum absolute atomic E-state index is 13.9. The van der Waals surface area contributed by atoms with Gasteiger partial charge in [-0.3, -0.25) is 9.78 Å². The summed E-state index contributed by atoms with van der Waals surface area (Å²) in [5.74, 6) is -0.674. The zero-order chi connectivity index (χ0) is 21.5. The van der Waals surface area contributed by atoms with Gasteiger partial charge in [0, 0.05) is 17.5 Å². The highest BCUT2D eigenvalue weighted by Crippen LogP contribution is 2.50. The number of para-hydroxylation sites is 1. The number of halogens is 4. The highest BCUT2D eigenvalue weighted by molar-refractivity contribution is 5.88. The fourth-order valence-corrected chi connectivity index (χ4v) is 3.57. The van der Waals surface area contributed by atoms with Crippen molar-refractivity contribution in [1.82, 2.24) is 15.3 Å². The van der Waals surface area contributed by atoms with Crippen molar-refractivity contribution in [3.8, 4) is 5.75 Å². The Hall–Kier alpha value is -3.10. The van der Waals surface area contributed by atoms with Gasteiger partial charge in [-0.2, -0.15) is 13.2 Å². The van der Waals surface area contributed by atoms with Crippen LogP contribution in [0.1, 0.15) is 36.6 Å². The molecule has 30 heavy (non-hydrogen) atoms. The highest BCUT2D eigenvalue weighted by Gasteiger charge is 2.45. The maximum Gasteiger partial charge on any atom is 0.422 e. The third-order valence-electron chi connectivity index (χ3n) is 5.19. The van der Waals surface area contributed by atoms with Gasteiger partial charge in [-0.15, -0.1) is 0 Å². The summed E-state index contributed by atoms with van der Waals surface area (Å²) in [5, 5.41) is 3.66. The van der Waals surface area contributed by atoms with Crippen molar-refractivity contribution < 1.29 is 27.1 Å². The van der Waals surface area contributed by atoms with E-state index in [0.29, 0.717) is 17.6 Å². The summed E-state index contributed by atoms with van der Waals surface area (Å²) in [7, 11) is 0. The number of carbonyl (C=O) groups excluding carboxylic acids is 1. The van der Waals surface area contributed by atoms with E-state index in [1.807, 2.05) is 6.07 Å². The first-order chi connectivity index (χ1) is 14.2. The fraction of sp³-hybridized carbons (Fsp3) is 0.333. The number of pyridine rings is 1. The van der Waals surface area contributed by atoms with Crippen LogP contribution < -0.4 is 10.1 Å². The number of ether oxygens (including phenoxy) is 1. The Kier molecular flexibility index (Phi) is 5.13. The second-order valence-electron chi connectivity index (χ2n) is 7.41. The summed E-state index contributed by atoms with van der Waals surface area (Å²) >= 11 is 0. The number of fused-ring (bicyclic) bond motifs is 1. The monoisotopic (exact) mass is 421 g/mol. The minimum Gasteiger partial charge on any atom is -0.483 e. The van der Waals surface area contributed by atoms with Crippen molar-refractivity contribution in [3.05, 3.63) is 59.8 Å². The van der Waals surface area contributed by atoms with E-state index in [-0.39, 0.29) is 29.3 Å². The summed E-state index contributed by atoms with van der Waals surface area (Å²) in [6, 6.07) is 7.33. The van der Waals surface area contributed by atoms with Crippen LogP contribution in [0.15, 0.2) is 42.7 Å². The standard InChI is InChI=1S/C21H19F4N3O2/c1-11(18-6-5-12(8-26-18)30-10-21(23,24)25)28-20(29)15-7-14(15)16-9-27-19-13(16)3-2-4-17(19)22/h2-6,8-9,11,14-15,27H,7,10H2,1H3,(H,28,29)/t11-,14?,15?/m1/s1. The Morgan fingerprint density at radius 3 is 2.83 bits per heavy atom. The van der Waals surface area contributed by atoms with Crippen LogP contribution in [0, 0.1) is 11.7 Å². The lowest BCUT2D eigenvalue weighted by Gasteiger charge is -2.14. The number of nitrogens with zero attached hydrogens (tertiary/aromatic N) is 1. The molecule has 9 heteroatoms. The van der Waals surface area contributed by atoms with Crippen molar-refractivity contribution in [1.29, 1.82) is 0 Å². The molecule has 2 aromatic heterocycles. The minimum atomic E-state index is -4.42. The van der Waals surface area contributed by atoms with Crippen molar-refractivity contribution in [2.24, 2.45) is 5.92 Å². The van der Waals surface area contributed by atoms with Gasteiger partial charge in [-0.25, -0.2) is 4.39 Å².